The number of hydrogen-bond donors (Lipinski definition) is 2. The minimum Gasteiger partial charge on any atom is -0.383 e. The Kier molecular flexibility index (Phi) is 12.6. The maximum Gasteiger partial charge on any atom is 0.262 e. The van der Waals surface area contributed by atoms with Gasteiger partial charge in [-0.15, -0.1) is 0 Å². The molecule has 1 atom stereocenters. The zero-order valence-corrected chi connectivity index (χ0v) is 34.3. The number of hydrogen-bond acceptors (Lipinski definition) is 12. The minimum absolute atomic E-state index is 0.271. The number of anilines is 1. The van der Waals surface area contributed by atoms with Gasteiger partial charge in [0, 0.05) is 107 Å². The lowest BCUT2D eigenvalue weighted by Crippen LogP contribution is -2.45. The molecule has 2 N–H and O–H groups in total. The molecule has 6 heterocycles. The lowest BCUT2D eigenvalue weighted by Gasteiger charge is -2.38. The molecule has 6 aliphatic heterocycles. The third-order valence-corrected chi connectivity index (χ3v) is 13.1. The highest BCUT2D eigenvalue weighted by atomic mass is 16.5. The van der Waals surface area contributed by atoms with Crippen LogP contribution in [0.3, 0.4) is 0 Å². The van der Waals surface area contributed by atoms with Crippen molar-refractivity contribution in [3.8, 4) is 11.1 Å². The third kappa shape index (κ3) is 8.51. The number of morpholine rings is 3. The second-order valence-corrected chi connectivity index (χ2v) is 16.8. The van der Waals surface area contributed by atoms with E-state index in [0.717, 1.165) is 103 Å². The first-order chi connectivity index (χ1) is 28.9. The van der Waals surface area contributed by atoms with Gasteiger partial charge < -0.3 is 34.4 Å². The molecule has 0 saturated carbocycles. The van der Waals surface area contributed by atoms with E-state index >= 15 is 0 Å². The number of ether oxygens (including phenoxy) is 3. The molecule has 4 saturated heterocycles. The molecular formula is C45H59N7O7. The van der Waals surface area contributed by atoms with Gasteiger partial charge in [0.25, 0.3) is 17.7 Å². The van der Waals surface area contributed by atoms with Crippen LogP contribution in [0.15, 0.2) is 36.4 Å². The summed E-state index contributed by atoms with van der Waals surface area (Å²) in [5.41, 5.74) is 4.98. The van der Waals surface area contributed by atoms with Crippen molar-refractivity contribution < 1.29 is 33.7 Å². The second kappa shape index (κ2) is 18.3. The first kappa shape index (κ1) is 40.4. The molecule has 3 aromatic carbocycles. The van der Waals surface area contributed by atoms with E-state index in [0.29, 0.717) is 96.6 Å². The van der Waals surface area contributed by atoms with Crippen LogP contribution in [0.25, 0.3) is 21.9 Å². The molecule has 316 valence electrons. The van der Waals surface area contributed by atoms with Gasteiger partial charge in [0.2, 0.25) is 0 Å². The number of rotatable bonds is 15. The van der Waals surface area contributed by atoms with Gasteiger partial charge in [0.15, 0.2) is 6.23 Å². The van der Waals surface area contributed by atoms with E-state index in [4.69, 9.17) is 14.2 Å². The van der Waals surface area contributed by atoms with Crippen LogP contribution >= 0.6 is 0 Å². The van der Waals surface area contributed by atoms with E-state index in [-0.39, 0.29) is 24.3 Å². The number of aliphatic hydroxyl groups excluding tert-OH is 1. The van der Waals surface area contributed by atoms with Gasteiger partial charge in [0.1, 0.15) is 0 Å². The Labute approximate surface area is 346 Å². The molecule has 0 aliphatic carbocycles. The van der Waals surface area contributed by atoms with Crippen LogP contribution in [0.5, 0.6) is 0 Å². The van der Waals surface area contributed by atoms with Crippen molar-refractivity contribution in [1.82, 2.24) is 29.4 Å². The van der Waals surface area contributed by atoms with E-state index in [9.17, 15) is 19.5 Å². The molecular weight excluding hydrogens is 751 g/mol. The molecule has 59 heavy (non-hydrogen) atoms. The van der Waals surface area contributed by atoms with E-state index < -0.39 is 6.23 Å². The number of nitrogens with one attached hydrogen (secondary N) is 1. The van der Waals surface area contributed by atoms with E-state index in [2.05, 4.69) is 37.0 Å². The fraction of sp³-hybridized carbons (Fsp3) is 0.578. The van der Waals surface area contributed by atoms with Crippen molar-refractivity contribution >= 4 is 34.2 Å². The molecule has 0 bridgehead atoms. The molecule has 6 aliphatic rings. The molecule has 4 fully saturated rings. The fourth-order valence-electron chi connectivity index (χ4n) is 9.80. The Bertz CT molecular complexity index is 2000. The summed E-state index contributed by atoms with van der Waals surface area (Å²) in [4.78, 5) is 56.9. The zero-order valence-electron chi connectivity index (χ0n) is 34.3. The maximum atomic E-state index is 14.9. The van der Waals surface area contributed by atoms with E-state index in [1.54, 1.807) is 4.90 Å². The van der Waals surface area contributed by atoms with Crippen molar-refractivity contribution in [2.45, 2.75) is 38.5 Å². The SMILES string of the molecule is O=C1c2cc(NCCN3CCCC3)c3c4c(cc(-c5ccc(CN6CCOCC6)cc5)c(c24)C(=O)N1CCCN1CCOCC1)C(O)N(CCCN1CCOCC1)C3=O. The summed E-state index contributed by atoms with van der Waals surface area (Å²) < 4.78 is 16.6. The molecule has 3 amide bonds. The molecule has 1 unspecified atom stereocenters. The summed E-state index contributed by atoms with van der Waals surface area (Å²) in [5, 5.41) is 16.8. The predicted octanol–water partition coefficient (Wildman–Crippen LogP) is 3.33. The van der Waals surface area contributed by atoms with Crippen LogP contribution in [0, 0.1) is 0 Å². The van der Waals surface area contributed by atoms with Gasteiger partial charge in [-0.25, -0.2) is 0 Å². The highest BCUT2D eigenvalue weighted by Gasteiger charge is 2.43. The summed E-state index contributed by atoms with van der Waals surface area (Å²) >= 11 is 0. The Morgan fingerprint density at radius 2 is 1.19 bits per heavy atom. The van der Waals surface area contributed by atoms with Crippen LogP contribution in [0.4, 0.5) is 5.69 Å². The monoisotopic (exact) mass is 809 g/mol. The number of nitrogens with zero attached hydrogens (tertiary/aromatic N) is 6. The van der Waals surface area contributed by atoms with Gasteiger partial charge >= 0.3 is 0 Å². The number of carbonyl (C=O) groups excluding carboxylic acids is 3. The average molecular weight is 810 g/mol. The van der Waals surface area contributed by atoms with Crippen LogP contribution in [-0.2, 0) is 20.8 Å². The van der Waals surface area contributed by atoms with Gasteiger partial charge in [-0.2, -0.15) is 0 Å². The standard InChI is InChI=1S/C45H59N7O7/c53-42-35-29-34(33-7-5-32(6-8-33)31-50-21-27-59-28-22-50)40-38-36(43(54)51(44(40)55)14-3-12-48-17-23-57-24-18-48)30-37(46-9-16-47-10-1-2-11-47)41(39(35)38)45(56)52(42)15-4-13-49-19-25-58-26-20-49/h5-8,29-30,42,46,53H,1-4,9-28,31H2. The quantitative estimate of drug-likeness (QED) is 0.219. The van der Waals surface area contributed by atoms with Crippen molar-refractivity contribution in [3.05, 3.63) is 64.2 Å². The Morgan fingerprint density at radius 3 is 1.83 bits per heavy atom. The van der Waals surface area contributed by atoms with Gasteiger partial charge in [0.05, 0.1) is 56.3 Å². The topological polar surface area (TPSA) is 131 Å². The molecule has 3 aromatic rings. The van der Waals surface area contributed by atoms with Crippen molar-refractivity contribution in [3.63, 3.8) is 0 Å². The Balaban J connectivity index is 1.12. The fourth-order valence-corrected chi connectivity index (χ4v) is 9.80. The van der Waals surface area contributed by atoms with Crippen molar-refractivity contribution in [1.29, 1.82) is 0 Å². The molecule has 0 radical (unpaired) electrons. The third-order valence-electron chi connectivity index (χ3n) is 13.1. The molecule has 14 nitrogen and oxygen atoms in total. The van der Waals surface area contributed by atoms with Crippen LogP contribution < -0.4 is 5.32 Å². The number of aliphatic hydroxyl groups is 1. The van der Waals surface area contributed by atoms with E-state index in [1.807, 2.05) is 24.3 Å². The predicted molar refractivity (Wildman–Crippen MR) is 225 cm³/mol. The number of imide groups is 1. The average Bonchev–Trinajstić information content (AvgIpc) is 3.79. The Hall–Kier alpha value is -3.99. The van der Waals surface area contributed by atoms with Crippen LogP contribution in [0.2, 0.25) is 0 Å². The summed E-state index contributed by atoms with van der Waals surface area (Å²) in [6.07, 6.45) is 2.42. The normalized spacial score (nSPS) is 22.3. The van der Waals surface area contributed by atoms with Gasteiger partial charge in [-0.1, -0.05) is 24.3 Å². The largest absolute Gasteiger partial charge is 0.383 e. The number of benzene rings is 3. The van der Waals surface area contributed by atoms with Crippen molar-refractivity contribution in [2.24, 2.45) is 0 Å². The summed E-state index contributed by atoms with van der Waals surface area (Å²) in [7, 11) is 0. The van der Waals surface area contributed by atoms with E-state index in [1.165, 1.54) is 17.7 Å². The summed E-state index contributed by atoms with van der Waals surface area (Å²) in [6, 6.07) is 12.0. The van der Waals surface area contributed by atoms with Gasteiger partial charge in [-0.3, -0.25) is 34.0 Å². The number of amides is 3. The second-order valence-electron chi connectivity index (χ2n) is 16.8. The summed E-state index contributed by atoms with van der Waals surface area (Å²) in [6.45, 7) is 15.7. The Morgan fingerprint density at radius 1 is 0.593 bits per heavy atom. The highest BCUT2D eigenvalue weighted by molar-refractivity contribution is 6.31. The molecule has 14 heteroatoms. The minimum atomic E-state index is -1.25. The zero-order chi connectivity index (χ0) is 40.3. The molecule has 0 aromatic heterocycles. The smallest absolute Gasteiger partial charge is 0.262 e. The molecule has 0 spiro atoms. The highest BCUT2D eigenvalue weighted by Crippen LogP contribution is 2.47. The number of carbonyl (C=O) groups is 3. The first-order valence-electron chi connectivity index (χ1n) is 21.9. The molecule has 9 rings (SSSR count). The van der Waals surface area contributed by atoms with Crippen LogP contribution in [-0.4, -0.2) is 183 Å². The van der Waals surface area contributed by atoms with Crippen LogP contribution in [0.1, 0.15) is 74.1 Å². The van der Waals surface area contributed by atoms with Crippen molar-refractivity contribution in [2.75, 3.05) is 137 Å². The maximum absolute atomic E-state index is 14.9. The first-order valence-corrected chi connectivity index (χ1v) is 21.9. The summed E-state index contributed by atoms with van der Waals surface area (Å²) in [5.74, 6) is -1.02. The lowest BCUT2D eigenvalue weighted by atomic mass is 9.80. The lowest BCUT2D eigenvalue weighted by molar-refractivity contribution is 0.000242. The van der Waals surface area contributed by atoms with Gasteiger partial charge in [-0.05, 0) is 67.6 Å². The number of likely N-dealkylation sites (tertiary alicyclic amines) is 1.